The molecule has 0 bridgehead atoms. The van der Waals surface area contributed by atoms with E-state index in [1.54, 1.807) is 0 Å². The van der Waals surface area contributed by atoms with Crippen molar-refractivity contribution in [2.75, 3.05) is 0 Å². The second kappa shape index (κ2) is 7.30. The van der Waals surface area contributed by atoms with Crippen LogP contribution in [0, 0.1) is 6.92 Å². The van der Waals surface area contributed by atoms with Crippen molar-refractivity contribution in [1.29, 1.82) is 0 Å². The normalized spacial score (nSPS) is 13.0. The fraction of sp³-hybridized carbons (Fsp3) is 0.353. The second-order valence-electron chi connectivity index (χ2n) is 5.11. The maximum Gasteiger partial charge on any atom is 0.145 e. The molecular weight excluding hydrogens is 256 g/mol. The molecule has 0 aromatic heterocycles. The minimum absolute atomic E-state index is 0.193. The summed E-state index contributed by atoms with van der Waals surface area (Å²) >= 11 is 6.19. The Hall–Kier alpha value is -1.34. The van der Waals surface area contributed by atoms with Crippen molar-refractivity contribution < 1.29 is 4.79 Å². The average Bonchev–Trinajstić information content (AvgIpc) is 2.37. The number of allylic oxidation sites excluding steroid dienone is 4. The van der Waals surface area contributed by atoms with Crippen LogP contribution in [0.25, 0.3) is 0 Å². The summed E-state index contributed by atoms with van der Waals surface area (Å²) in [5.41, 5.74) is 4.31. The Bertz CT molecular complexity index is 508. The van der Waals surface area contributed by atoms with Crippen molar-refractivity contribution in [2.45, 2.75) is 40.0 Å². The van der Waals surface area contributed by atoms with Crippen LogP contribution in [0.15, 0.2) is 41.5 Å². The molecule has 2 heteroatoms. The lowest BCUT2D eigenvalue weighted by Gasteiger charge is -2.16. The van der Waals surface area contributed by atoms with Gasteiger partial charge in [-0.1, -0.05) is 41.5 Å². The van der Waals surface area contributed by atoms with Crippen LogP contribution in [-0.2, 0) is 4.79 Å². The lowest BCUT2D eigenvalue weighted by atomic mass is 9.90. The van der Waals surface area contributed by atoms with E-state index < -0.39 is 0 Å². The second-order valence-corrected chi connectivity index (χ2v) is 5.51. The summed E-state index contributed by atoms with van der Waals surface area (Å²) in [4.78, 5) is 10.9. The van der Waals surface area contributed by atoms with Crippen molar-refractivity contribution in [1.82, 2.24) is 0 Å². The number of hydrogen-bond acceptors (Lipinski definition) is 1. The monoisotopic (exact) mass is 276 g/mol. The number of carbonyl (C=O) groups excluding carboxylic acids is 1. The van der Waals surface area contributed by atoms with Crippen LogP contribution in [0.4, 0.5) is 0 Å². The van der Waals surface area contributed by atoms with Crippen molar-refractivity contribution in [3.8, 4) is 0 Å². The van der Waals surface area contributed by atoms with Gasteiger partial charge in [-0.3, -0.25) is 4.79 Å². The Morgan fingerprint density at radius 2 is 2.00 bits per heavy atom. The molecule has 1 atom stereocenters. The van der Waals surface area contributed by atoms with E-state index in [1.165, 1.54) is 11.1 Å². The Kier molecular flexibility index (Phi) is 6.04. The highest BCUT2D eigenvalue weighted by Crippen LogP contribution is 2.30. The SMILES string of the molecule is CC(C)=CCC(/C=C(\C)C=O)c1cccc(Cl)c1C. The predicted octanol–water partition coefficient (Wildman–Crippen LogP) is 5.23. The van der Waals surface area contributed by atoms with E-state index in [0.29, 0.717) is 0 Å². The number of hydrogen-bond donors (Lipinski definition) is 0. The molecule has 0 saturated carbocycles. The van der Waals surface area contributed by atoms with E-state index in [9.17, 15) is 4.79 Å². The molecule has 0 aliphatic rings. The van der Waals surface area contributed by atoms with Gasteiger partial charge in [0, 0.05) is 10.9 Å². The van der Waals surface area contributed by atoms with Gasteiger partial charge in [0.25, 0.3) is 0 Å². The predicted molar refractivity (Wildman–Crippen MR) is 82.8 cm³/mol. The third kappa shape index (κ3) is 4.68. The first-order chi connectivity index (χ1) is 8.95. The summed E-state index contributed by atoms with van der Waals surface area (Å²) in [5, 5.41) is 0.775. The van der Waals surface area contributed by atoms with E-state index in [0.717, 1.165) is 28.9 Å². The Morgan fingerprint density at radius 1 is 1.32 bits per heavy atom. The Labute approximate surface area is 121 Å². The molecule has 19 heavy (non-hydrogen) atoms. The smallest absolute Gasteiger partial charge is 0.145 e. The van der Waals surface area contributed by atoms with Gasteiger partial charge in [0.05, 0.1) is 0 Å². The molecule has 0 aliphatic carbocycles. The number of rotatable bonds is 5. The molecule has 0 heterocycles. The van der Waals surface area contributed by atoms with E-state index in [1.807, 2.05) is 32.1 Å². The third-order valence-electron chi connectivity index (χ3n) is 3.14. The summed E-state index contributed by atoms with van der Waals surface area (Å²) < 4.78 is 0. The van der Waals surface area contributed by atoms with Crippen LogP contribution in [0.5, 0.6) is 0 Å². The highest BCUT2D eigenvalue weighted by atomic mass is 35.5. The van der Waals surface area contributed by atoms with Crippen LogP contribution in [0.3, 0.4) is 0 Å². The topological polar surface area (TPSA) is 17.1 Å². The van der Waals surface area contributed by atoms with Crippen LogP contribution >= 0.6 is 11.6 Å². The van der Waals surface area contributed by atoms with Crippen molar-refractivity contribution in [2.24, 2.45) is 0 Å². The lowest BCUT2D eigenvalue weighted by Crippen LogP contribution is -1.99. The standard InChI is InChI=1S/C17H21ClO/c1-12(2)8-9-15(10-13(3)11-19)16-6-5-7-17(18)14(16)4/h5-8,10-11,15H,9H2,1-4H3/b13-10+. The summed E-state index contributed by atoms with van der Waals surface area (Å²) in [5.74, 6) is 0.193. The molecule has 0 spiro atoms. The van der Waals surface area contributed by atoms with Crippen molar-refractivity contribution in [3.05, 3.63) is 57.6 Å². The van der Waals surface area contributed by atoms with Crippen molar-refractivity contribution in [3.63, 3.8) is 0 Å². The highest BCUT2D eigenvalue weighted by molar-refractivity contribution is 6.31. The summed E-state index contributed by atoms with van der Waals surface area (Å²) in [6.07, 6.45) is 5.99. The Morgan fingerprint density at radius 3 is 2.58 bits per heavy atom. The molecule has 0 amide bonds. The van der Waals surface area contributed by atoms with Gasteiger partial charge in [0.2, 0.25) is 0 Å². The van der Waals surface area contributed by atoms with Crippen molar-refractivity contribution >= 4 is 17.9 Å². The molecule has 0 N–H and O–H groups in total. The molecular formula is C17H21ClO. The molecule has 0 saturated heterocycles. The first-order valence-corrected chi connectivity index (χ1v) is 6.85. The van der Waals surface area contributed by atoms with Gasteiger partial charge in [0.1, 0.15) is 6.29 Å². The van der Waals surface area contributed by atoms with Gasteiger partial charge in [-0.05, 0) is 56.9 Å². The first kappa shape index (κ1) is 15.7. The maximum absolute atomic E-state index is 10.9. The zero-order valence-corrected chi connectivity index (χ0v) is 12.8. The van der Waals surface area contributed by atoms with Gasteiger partial charge in [0.15, 0.2) is 0 Å². The lowest BCUT2D eigenvalue weighted by molar-refractivity contribution is -0.104. The molecule has 0 aliphatic heterocycles. The zero-order valence-electron chi connectivity index (χ0n) is 12.0. The average molecular weight is 277 g/mol. The van der Waals surface area contributed by atoms with Gasteiger partial charge in [-0.2, -0.15) is 0 Å². The molecule has 0 fully saturated rings. The molecule has 1 rings (SSSR count). The van der Waals surface area contributed by atoms with Gasteiger partial charge < -0.3 is 0 Å². The maximum atomic E-state index is 10.9. The zero-order chi connectivity index (χ0) is 14.4. The van der Waals surface area contributed by atoms with E-state index in [4.69, 9.17) is 11.6 Å². The minimum atomic E-state index is 0.193. The number of halogens is 1. The van der Waals surface area contributed by atoms with E-state index in [-0.39, 0.29) is 5.92 Å². The molecule has 1 aromatic carbocycles. The van der Waals surface area contributed by atoms with Crippen LogP contribution in [0.1, 0.15) is 44.2 Å². The van der Waals surface area contributed by atoms with E-state index in [2.05, 4.69) is 26.0 Å². The highest BCUT2D eigenvalue weighted by Gasteiger charge is 2.12. The molecule has 102 valence electrons. The molecule has 0 radical (unpaired) electrons. The Balaban J connectivity index is 3.19. The summed E-state index contributed by atoms with van der Waals surface area (Å²) in [7, 11) is 0. The third-order valence-corrected chi connectivity index (χ3v) is 3.55. The van der Waals surface area contributed by atoms with Gasteiger partial charge in [-0.15, -0.1) is 0 Å². The fourth-order valence-corrected chi connectivity index (χ4v) is 2.21. The molecule has 1 aromatic rings. The number of benzene rings is 1. The first-order valence-electron chi connectivity index (χ1n) is 6.47. The number of aldehydes is 1. The fourth-order valence-electron chi connectivity index (χ4n) is 2.03. The summed E-state index contributed by atoms with van der Waals surface area (Å²) in [6, 6.07) is 5.94. The van der Waals surface area contributed by atoms with Gasteiger partial charge >= 0.3 is 0 Å². The van der Waals surface area contributed by atoms with Crippen LogP contribution in [0.2, 0.25) is 5.02 Å². The van der Waals surface area contributed by atoms with Crippen LogP contribution < -0.4 is 0 Å². The van der Waals surface area contributed by atoms with Gasteiger partial charge in [-0.25, -0.2) is 0 Å². The quantitative estimate of drug-likeness (QED) is 0.409. The van der Waals surface area contributed by atoms with Crippen LogP contribution in [-0.4, -0.2) is 6.29 Å². The number of carbonyl (C=O) groups is 1. The summed E-state index contributed by atoms with van der Waals surface area (Å²) in [6.45, 7) is 8.02. The molecule has 1 unspecified atom stereocenters. The van der Waals surface area contributed by atoms with E-state index >= 15 is 0 Å². The largest absolute Gasteiger partial charge is 0.298 e. The molecule has 1 nitrogen and oxygen atoms in total. The minimum Gasteiger partial charge on any atom is -0.298 e.